The van der Waals surface area contributed by atoms with Gasteiger partial charge in [0.25, 0.3) is 0 Å². The minimum absolute atomic E-state index is 0.306. The lowest BCUT2D eigenvalue weighted by Crippen LogP contribution is -2.49. The third-order valence-electron chi connectivity index (χ3n) is 8.18. The van der Waals surface area contributed by atoms with Gasteiger partial charge in [0.1, 0.15) is 6.04 Å². The molecule has 0 bridgehead atoms. The van der Waals surface area contributed by atoms with E-state index in [0.29, 0.717) is 5.69 Å². The van der Waals surface area contributed by atoms with Gasteiger partial charge in [0.2, 0.25) is 11.8 Å². The highest BCUT2D eigenvalue weighted by molar-refractivity contribution is 9.10. The summed E-state index contributed by atoms with van der Waals surface area (Å²) in [6, 6.07) is 32.5. The Labute approximate surface area is 246 Å². The van der Waals surface area contributed by atoms with Gasteiger partial charge in [0.05, 0.1) is 23.6 Å². The van der Waals surface area contributed by atoms with Crippen molar-refractivity contribution >= 4 is 51.2 Å². The first-order valence-corrected chi connectivity index (χ1v) is 14.3. The predicted molar refractivity (Wildman–Crippen MR) is 160 cm³/mol. The molecule has 7 rings (SSSR count). The summed E-state index contributed by atoms with van der Waals surface area (Å²) in [4.78, 5) is 45.6. The molecular formula is C34H25BrN2O4. The van der Waals surface area contributed by atoms with Crippen LogP contribution in [-0.2, 0) is 19.1 Å². The number of imide groups is 1. The Balaban J connectivity index is 1.32. The number of fused-ring (bicyclic) bond motifs is 5. The number of hydrogen-bond acceptors (Lipinski definition) is 5. The fraction of sp³-hybridized carbons (Fsp3) is 0.147. The van der Waals surface area contributed by atoms with Crippen molar-refractivity contribution in [2.75, 3.05) is 9.80 Å². The number of ether oxygens (including phenoxy) is 1. The van der Waals surface area contributed by atoms with Crippen LogP contribution in [0, 0.1) is 11.8 Å². The lowest BCUT2D eigenvalue weighted by Gasteiger charge is -2.36. The van der Waals surface area contributed by atoms with Crippen LogP contribution >= 0.6 is 15.9 Å². The fourth-order valence-corrected chi connectivity index (χ4v) is 6.66. The van der Waals surface area contributed by atoms with Crippen molar-refractivity contribution in [3.8, 4) is 0 Å². The molecular weight excluding hydrogens is 580 g/mol. The van der Waals surface area contributed by atoms with Crippen molar-refractivity contribution in [3.05, 3.63) is 136 Å². The van der Waals surface area contributed by atoms with E-state index in [9.17, 15) is 14.4 Å². The number of para-hydroxylation sites is 1. The van der Waals surface area contributed by atoms with E-state index in [2.05, 4.69) is 15.9 Å². The molecule has 2 saturated heterocycles. The second-order valence-corrected chi connectivity index (χ2v) is 11.4. The van der Waals surface area contributed by atoms with Crippen molar-refractivity contribution < 1.29 is 19.1 Å². The van der Waals surface area contributed by atoms with Crippen molar-refractivity contribution in [1.29, 1.82) is 0 Å². The minimum Gasteiger partial charge on any atom is -0.451 e. The molecule has 0 radical (unpaired) electrons. The summed E-state index contributed by atoms with van der Waals surface area (Å²) in [7, 11) is 0. The van der Waals surface area contributed by atoms with E-state index in [4.69, 9.17) is 4.74 Å². The van der Waals surface area contributed by atoms with Gasteiger partial charge in [0, 0.05) is 10.2 Å². The van der Waals surface area contributed by atoms with Gasteiger partial charge in [-0.3, -0.25) is 9.59 Å². The van der Waals surface area contributed by atoms with Crippen LogP contribution < -0.4 is 9.80 Å². The van der Waals surface area contributed by atoms with E-state index in [0.717, 1.165) is 26.9 Å². The van der Waals surface area contributed by atoms with Gasteiger partial charge >= 0.3 is 5.97 Å². The first-order chi connectivity index (χ1) is 20.0. The number of esters is 1. The number of anilines is 2. The van der Waals surface area contributed by atoms with Gasteiger partial charge in [-0.1, -0.05) is 107 Å². The standard InChI is InChI=1S/C34H25BrN2O4/c35-24-16-18-25(19-17-24)36-32(38)28-27-20-15-21-9-7-8-14-26(21)37(27)30(29(28)33(36)39)34(40)41-31(22-10-3-1-4-11-22)23-12-5-2-6-13-23/h1-20,27-31H. The Morgan fingerprint density at radius 2 is 1.32 bits per heavy atom. The molecule has 0 saturated carbocycles. The summed E-state index contributed by atoms with van der Waals surface area (Å²) >= 11 is 3.42. The quantitative estimate of drug-likeness (QED) is 0.201. The molecule has 4 aromatic rings. The highest BCUT2D eigenvalue weighted by atomic mass is 79.9. The first-order valence-electron chi connectivity index (χ1n) is 13.5. The second-order valence-electron chi connectivity index (χ2n) is 10.4. The zero-order valence-electron chi connectivity index (χ0n) is 21.8. The van der Waals surface area contributed by atoms with Crippen molar-refractivity contribution in [3.63, 3.8) is 0 Å². The molecule has 0 spiro atoms. The van der Waals surface area contributed by atoms with Crippen molar-refractivity contribution in [1.82, 2.24) is 0 Å². The number of halogens is 1. The number of rotatable bonds is 5. The Morgan fingerprint density at radius 1 is 0.732 bits per heavy atom. The van der Waals surface area contributed by atoms with Crippen LogP contribution in [0.25, 0.3) is 6.08 Å². The molecule has 4 atom stereocenters. The molecule has 4 unspecified atom stereocenters. The Morgan fingerprint density at radius 3 is 1.98 bits per heavy atom. The van der Waals surface area contributed by atoms with Crippen molar-refractivity contribution in [2.45, 2.75) is 18.2 Å². The number of carbonyl (C=O) groups excluding carboxylic acids is 3. The molecule has 0 aliphatic carbocycles. The van der Waals surface area contributed by atoms with Gasteiger partial charge in [-0.25, -0.2) is 9.69 Å². The van der Waals surface area contributed by atoms with Crippen molar-refractivity contribution in [2.24, 2.45) is 11.8 Å². The summed E-state index contributed by atoms with van der Waals surface area (Å²) in [6.45, 7) is 0. The largest absolute Gasteiger partial charge is 0.451 e. The van der Waals surface area contributed by atoms with Crippen LogP contribution in [0.4, 0.5) is 11.4 Å². The van der Waals surface area contributed by atoms with E-state index in [1.54, 1.807) is 24.3 Å². The number of benzene rings is 4. The Kier molecular flexibility index (Phi) is 6.31. The maximum Gasteiger partial charge on any atom is 0.330 e. The molecule has 202 valence electrons. The smallest absolute Gasteiger partial charge is 0.330 e. The molecule has 7 heteroatoms. The molecule has 6 nitrogen and oxygen atoms in total. The third-order valence-corrected chi connectivity index (χ3v) is 8.71. The van der Waals surface area contributed by atoms with E-state index in [-0.39, 0.29) is 11.8 Å². The van der Waals surface area contributed by atoms with E-state index in [1.807, 2.05) is 102 Å². The van der Waals surface area contributed by atoms with Gasteiger partial charge in [-0.15, -0.1) is 0 Å². The van der Waals surface area contributed by atoms with E-state index < -0.39 is 36.0 Å². The highest BCUT2D eigenvalue weighted by Crippen LogP contribution is 2.49. The fourth-order valence-electron chi connectivity index (χ4n) is 6.40. The predicted octanol–water partition coefficient (Wildman–Crippen LogP) is 6.17. The van der Waals surface area contributed by atoms with Crippen LogP contribution in [0.5, 0.6) is 0 Å². The SMILES string of the molecule is O=C(OC(c1ccccc1)c1ccccc1)C1C2C(=O)N(c3ccc(Br)cc3)C(=O)C2C2C=Cc3ccccc3N21. The number of hydrogen-bond donors (Lipinski definition) is 0. The van der Waals surface area contributed by atoms with E-state index in [1.165, 1.54) is 4.90 Å². The maximum absolute atomic E-state index is 14.4. The van der Waals surface area contributed by atoms with Crippen LogP contribution in [0.1, 0.15) is 22.8 Å². The Bertz CT molecular complexity index is 1630. The maximum atomic E-state index is 14.4. The molecule has 2 amide bonds. The summed E-state index contributed by atoms with van der Waals surface area (Å²) in [5, 5.41) is 0. The topological polar surface area (TPSA) is 66.9 Å². The molecule has 3 aliphatic rings. The lowest BCUT2D eigenvalue weighted by atomic mass is 9.88. The lowest BCUT2D eigenvalue weighted by molar-refractivity contribution is -0.151. The van der Waals surface area contributed by atoms with Crippen LogP contribution in [0.3, 0.4) is 0 Å². The zero-order chi connectivity index (χ0) is 28.1. The summed E-state index contributed by atoms with van der Waals surface area (Å²) in [6.07, 6.45) is 3.24. The van der Waals surface area contributed by atoms with Crippen LogP contribution in [-0.4, -0.2) is 29.9 Å². The average molecular weight is 605 g/mol. The molecule has 4 aromatic carbocycles. The molecule has 41 heavy (non-hydrogen) atoms. The second kappa shape index (κ2) is 10.2. The summed E-state index contributed by atoms with van der Waals surface area (Å²) in [5.41, 5.74) is 3.87. The monoisotopic (exact) mass is 604 g/mol. The number of nitrogens with zero attached hydrogens (tertiary/aromatic N) is 2. The summed E-state index contributed by atoms with van der Waals surface area (Å²) < 4.78 is 7.17. The molecule has 0 N–H and O–H groups in total. The third kappa shape index (κ3) is 4.19. The first kappa shape index (κ1) is 25.5. The minimum atomic E-state index is -0.983. The van der Waals surface area contributed by atoms with E-state index >= 15 is 0 Å². The van der Waals surface area contributed by atoms with Crippen LogP contribution in [0.15, 0.2) is 120 Å². The molecule has 0 aromatic heterocycles. The van der Waals surface area contributed by atoms with Gasteiger partial charge in [0.15, 0.2) is 6.10 Å². The van der Waals surface area contributed by atoms with Gasteiger partial charge in [-0.05, 0) is 47.0 Å². The number of carbonyl (C=O) groups is 3. The highest BCUT2D eigenvalue weighted by Gasteiger charge is 2.65. The Hall–Kier alpha value is -4.49. The van der Waals surface area contributed by atoms with Gasteiger partial charge < -0.3 is 9.64 Å². The normalized spacial score (nSPS) is 22.5. The average Bonchev–Trinajstić information content (AvgIpc) is 3.49. The number of amides is 2. The molecule has 3 heterocycles. The molecule has 3 aliphatic heterocycles. The van der Waals surface area contributed by atoms with Crippen LogP contribution in [0.2, 0.25) is 0 Å². The molecule has 2 fully saturated rings. The zero-order valence-corrected chi connectivity index (χ0v) is 23.4. The summed E-state index contributed by atoms with van der Waals surface area (Å²) in [5.74, 6) is -2.85. The van der Waals surface area contributed by atoms with Gasteiger partial charge in [-0.2, -0.15) is 0 Å².